The van der Waals surface area contributed by atoms with Crippen LogP contribution in [0.5, 0.6) is 28.7 Å². The summed E-state index contributed by atoms with van der Waals surface area (Å²) in [6.45, 7) is 2.26. The normalized spacial score (nSPS) is 16.2. The van der Waals surface area contributed by atoms with E-state index in [4.69, 9.17) is 18.9 Å². The van der Waals surface area contributed by atoms with Crippen molar-refractivity contribution in [2.75, 3.05) is 34.5 Å². The molecule has 10 nitrogen and oxygen atoms in total. The number of ether oxygens (including phenoxy) is 4. The molecule has 1 aromatic heterocycles. The highest BCUT2D eigenvalue weighted by Crippen LogP contribution is 2.43. The fourth-order valence-corrected chi connectivity index (χ4v) is 5.30. The van der Waals surface area contributed by atoms with Crippen LogP contribution in [0.1, 0.15) is 29.7 Å². The van der Waals surface area contributed by atoms with Gasteiger partial charge in [-0.2, -0.15) is 0 Å². The Morgan fingerprint density at radius 3 is 2.43 bits per heavy atom. The van der Waals surface area contributed by atoms with E-state index in [0.29, 0.717) is 35.8 Å². The number of aromatic amines is 1. The van der Waals surface area contributed by atoms with E-state index in [0.717, 1.165) is 16.5 Å². The van der Waals surface area contributed by atoms with Crippen LogP contribution in [0.15, 0.2) is 66.4 Å². The van der Waals surface area contributed by atoms with Crippen molar-refractivity contribution in [1.82, 2.24) is 9.88 Å². The number of aromatic hydroxyl groups is 1. The van der Waals surface area contributed by atoms with Gasteiger partial charge in [-0.1, -0.05) is 6.07 Å². The number of rotatable bonds is 10. The number of aliphatic hydroxyl groups is 1. The lowest BCUT2D eigenvalue weighted by molar-refractivity contribution is -0.139. The van der Waals surface area contributed by atoms with E-state index in [-0.39, 0.29) is 34.9 Å². The number of aliphatic hydroxyl groups excluding tert-OH is 1. The number of nitrogens with zero attached hydrogens (tertiary/aromatic N) is 1. The summed E-state index contributed by atoms with van der Waals surface area (Å²) in [4.78, 5) is 31.8. The molecule has 1 amide bonds. The number of H-pyrrole nitrogens is 1. The molecule has 3 N–H and O–H groups in total. The number of likely N-dealkylation sites (tertiary alicyclic amines) is 1. The number of phenolic OH excluding ortho intramolecular Hbond substituents is 1. The summed E-state index contributed by atoms with van der Waals surface area (Å²) in [6.07, 6.45) is 2.29. The maximum atomic E-state index is 13.6. The average Bonchev–Trinajstić information content (AvgIpc) is 3.53. The highest BCUT2D eigenvalue weighted by atomic mass is 16.5. The number of benzene rings is 3. The van der Waals surface area contributed by atoms with Crippen LogP contribution in [-0.2, 0) is 16.0 Å². The molecule has 42 heavy (non-hydrogen) atoms. The smallest absolute Gasteiger partial charge is 0.295 e. The van der Waals surface area contributed by atoms with E-state index in [1.807, 2.05) is 24.4 Å². The van der Waals surface area contributed by atoms with Crippen LogP contribution in [0.2, 0.25) is 0 Å². The third kappa shape index (κ3) is 5.07. The van der Waals surface area contributed by atoms with Gasteiger partial charge >= 0.3 is 0 Å². The maximum absolute atomic E-state index is 13.6. The second-order valence-corrected chi connectivity index (χ2v) is 9.70. The van der Waals surface area contributed by atoms with Crippen molar-refractivity contribution < 1.29 is 38.7 Å². The molecule has 4 aromatic rings. The van der Waals surface area contributed by atoms with Crippen LogP contribution < -0.4 is 18.9 Å². The number of methoxy groups -OCH3 is 3. The zero-order valence-electron chi connectivity index (χ0n) is 23.8. The molecule has 0 spiro atoms. The number of hydrogen-bond acceptors (Lipinski definition) is 8. The summed E-state index contributed by atoms with van der Waals surface area (Å²) in [5.41, 5.74) is 2.55. The van der Waals surface area contributed by atoms with E-state index >= 15 is 0 Å². The zero-order chi connectivity index (χ0) is 30.0. The highest BCUT2D eigenvalue weighted by molar-refractivity contribution is 6.46. The molecule has 5 rings (SSSR count). The van der Waals surface area contributed by atoms with E-state index in [2.05, 4.69) is 4.98 Å². The summed E-state index contributed by atoms with van der Waals surface area (Å²) in [7, 11) is 4.56. The SMILES string of the molecule is CCOc1cc([C@H]2C(=C(O)c3ccc(OC)c(OC)c3)C(=O)C(=O)N2CCc2c[nH]c3ccc(OC)cc23)ccc1O. The molecular weight excluding hydrogens is 540 g/mol. The van der Waals surface area contributed by atoms with Gasteiger partial charge in [0.05, 0.1) is 39.6 Å². The van der Waals surface area contributed by atoms with Crippen LogP contribution in [-0.4, -0.2) is 66.3 Å². The third-order valence-electron chi connectivity index (χ3n) is 7.39. The number of nitrogens with one attached hydrogen (secondary N) is 1. The monoisotopic (exact) mass is 572 g/mol. The minimum Gasteiger partial charge on any atom is -0.507 e. The first kappa shape index (κ1) is 28.4. The molecule has 2 heterocycles. The number of aromatic nitrogens is 1. The highest BCUT2D eigenvalue weighted by Gasteiger charge is 2.46. The number of carbonyl (C=O) groups is 2. The predicted octanol–water partition coefficient (Wildman–Crippen LogP) is 4.96. The number of fused-ring (bicyclic) bond motifs is 1. The van der Waals surface area contributed by atoms with Gasteiger partial charge in [-0.25, -0.2) is 0 Å². The molecule has 10 heteroatoms. The molecule has 1 fully saturated rings. The first-order valence-corrected chi connectivity index (χ1v) is 13.4. The number of carbonyl (C=O) groups excluding carboxylic acids is 2. The van der Waals surface area contributed by atoms with Gasteiger partial charge in [-0.15, -0.1) is 0 Å². The summed E-state index contributed by atoms with van der Waals surface area (Å²) >= 11 is 0. The van der Waals surface area contributed by atoms with Crippen LogP contribution in [0.4, 0.5) is 0 Å². The first-order valence-electron chi connectivity index (χ1n) is 13.4. The Kier molecular flexibility index (Phi) is 7.97. The Balaban J connectivity index is 1.60. The minimum absolute atomic E-state index is 0.0785. The number of amides is 1. The van der Waals surface area contributed by atoms with Crippen molar-refractivity contribution in [1.29, 1.82) is 0 Å². The molecule has 1 aliphatic heterocycles. The Hall–Kier alpha value is -5.12. The van der Waals surface area contributed by atoms with Crippen LogP contribution >= 0.6 is 0 Å². The van der Waals surface area contributed by atoms with Gasteiger partial charge in [0.2, 0.25) is 0 Å². The number of ketones is 1. The first-order chi connectivity index (χ1) is 20.3. The van der Waals surface area contributed by atoms with E-state index in [1.165, 1.54) is 25.2 Å². The average molecular weight is 573 g/mol. The number of hydrogen-bond donors (Lipinski definition) is 3. The van der Waals surface area contributed by atoms with Crippen LogP contribution in [0, 0.1) is 0 Å². The van der Waals surface area contributed by atoms with Gasteiger partial charge < -0.3 is 39.0 Å². The fourth-order valence-electron chi connectivity index (χ4n) is 5.30. The molecule has 0 aliphatic carbocycles. The van der Waals surface area contributed by atoms with Crippen molar-refractivity contribution in [2.45, 2.75) is 19.4 Å². The van der Waals surface area contributed by atoms with E-state index in [1.54, 1.807) is 44.4 Å². The Morgan fingerprint density at radius 1 is 0.929 bits per heavy atom. The summed E-state index contributed by atoms with van der Waals surface area (Å²) in [6, 6.07) is 14.1. The fraction of sp³-hybridized carbons (Fsp3) is 0.250. The Labute approximate surface area is 242 Å². The second kappa shape index (κ2) is 11.8. The van der Waals surface area contributed by atoms with Crippen LogP contribution in [0.3, 0.4) is 0 Å². The van der Waals surface area contributed by atoms with Crippen molar-refractivity contribution in [3.63, 3.8) is 0 Å². The molecule has 3 aromatic carbocycles. The molecule has 1 saturated heterocycles. The molecular formula is C32H32N2O8. The summed E-state index contributed by atoms with van der Waals surface area (Å²) in [5.74, 6) is -0.299. The Morgan fingerprint density at radius 2 is 1.71 bits per heavy atom. The lowest BCUT2D eigenvalue weighted by Gasteiger charge is -2.26. The number of Topliss-reactive ketones (excluding diaryl/α,β-unsaturated/α-hetero) is 1. The van der Waals surface area contributed by atoms with Crippen molar-refractivity contribution in [3.05, 3.63) is 83.1 Å². The molecule has 0 radical (unpaired) electrons. The van der Waals surface area contributed by atoms with Gasteiger partial charge in [0.1, 0.15) is 11.5 Å². The lowest BCUT2D eigenvalue weighted by atomic mass is 9.94. The second-order valence-electron chi connectivity index (χ2n) is 9.70. The quantitative estimate of drug-likeness (QED) is 0.138. The Bertz CT molecular complexity index is 1690. The maximum Gasteiger partial charge on any atom is 0.295 e. The molecule has 1 aliphatic rings. The van der Waals surface area contributed by atoms with Crippen molar-refractivity contribution >= 4 is 28.4 Å². The predicted molar refractivity (Wildman–Crippen MR) is 156 cm³/mol. The number of phenols is 1. The van der Waals surface area contributed by atoms with E-state index < -0.39 is 17.7 Å². The van der Waals surface area contributed by atoms with E-state index in [9.17, 15) is 19.8 Å². The zero-order valence-corrected chi connectivity index (χ0v) is 23.8. The summed E-state index contributed by atoms with van der Waals surface area (Å²) in [5, 5.41) is 22.8. The molecule has 0 saturated carbocycles. The van der Waals surface area contributed by atoms with Crippen LogP contribution in [0.25, 0.3) is 16.7 Å². The lowest BCUT2D eigenvalue weighted by Crippen LogP contribution is -2.31. The van der Waals surface area contributed by atoms with Gasteiger partial charge in [0, 0.05) is 29.2 Å². The van der Waals surface area contributed by atoms with Gasteiger partial charge in [0.25, 0.3) is 11.7 Å². The topological polar surface area (TPSA) is 131 Å². The van der Waals surface area contributed by atoms with Gasteiger partial charge in [0.15, 0.2) is 23.0 Å². The van der Waals surface area contributed by atoms with Gasteiger partial charge in [-0.3, -0.25) is 9.59 Å². The molecule has 218 valence electrons. The largest absolute Gasteiger partial charge is 0.507 e. The third-order valence-corrected chi connectivity index (χ3v) is 7.39. The van der Waals surface area contributed by atoms with Crippen molar-refractivity contribution in [2.24, 2.45) is 0 Å². The molecule has 0 bridgehead atoms. The minimum atomic E-state index is -0.947. The molecule has 0 unspecified atom stereocenters. The molecule has 1 atom stereocenters. The standard InChI is InChI=1S/C32H32N2O8/c1-5-42-26-14-18(6-10-24(26)35)29-28(30(36)19-7-11-25(40-3)27(15-19)41-4)31(37)32(38)34(29)13-12-20-17-33-23-9-8-21(39-2)16-22(20)23/h6-11,14-17,29,33,35-36H,5,12-13H2,1-4H3/t29-/m0/s1. The summed E-state index contributed by atoms with van der Waals surface area (Å²) < 4.78 is 21.6. The van der Waals surface area contributed by atoms with Gasteiger partial charge in [-0.05, 0) is 73.0 Å². The van der Waals surface area contributed by atoms with Crippen molar-refractivity contribution in [3.8, 4) is 28.7 Å².